The van der Waals surface area contributed by atoms with Gasteiger partial charge in [-0.3, -0.25) is 9.59 Å². The molecule has 1 aliphatic rings. The first-order valence-electron chi connectivity index (χ1n) is 10.6. The molecule has 0 atom stereocenters. The number of anilines is 1. The van der Waals surface area contributed by atoms with E-state index in [2.05, 4.69) is 10.3 Å². The monoisotopic (exact) mass is 447 g/mol. The Hall–Kier alpha value is -3.45. The molecule has 2 aromatic carbocycles. The minimum atomic E-state index is -0.233. The maximum atomic E-state index is 12.4. The maximum Gasteiger partial charge on any atom is 0.253 e. The number of ether oxygens (including phenoxy) is 1. The Morgan fingerprint density at radius 3 is 2.47 bits per heavy atom. The second kappa shape index (κ2) is 10.2. The number of benzene rings is 2. The van der Waals surface area contributed by atoms with Crippen LogP contribution in [0, 0.1) is 6.92 Å². The van der Waals surface area contributed by atoms with Gasteiger partial charge in [0, 0.05) is 35.8 Å². The Kier molecular flexibility index (Phi) is 6.97. The molecule has 0 unspecified atom stereocenters. The molecule has 1 fully saturated rings. The van der Waals surface area contributed by atoms with Gasteiger partial charge in [0.05, 0.1) is 10.7 Å². The third-order valence-corrected chi connectivity index (χ3v) is 5.98. The molecule has 32 heavy (non-hydrogen) atoms. The van der Waals surface area contributed by atoms with E-state index in [0.29, 0.717) is 17.9 Å². The highest BCUT2D eigenvalue weighted by Gasteiger charge is 2.19. The molecule has 1 aromatic heterocycles. The molecule has 1 aliphatic heterocycles. The van der Waals surface area contributed by atoms with Crippen LogP contribution in [0.5, 0.6) is 5.75 Å². The molecule has 2 heterocycles. The molecule has 1 saturated heterocycles. The summed E-state index contributed by atoms with van der Waals surface area (Å²) in [5.74, 6) is 0.568. The summed E-state index contributed by atoms with van der Waals surface area (Å²) in [5, 5.41) is 5.83. The summed E-state index contributed by atoms with van der Waals surface area (Å²) in [5.41, 5.74) is 3.11. The number of hydrogen-bond donors (Lipinski definition) is 1. The third kappa shape index (κ3) is 5.82. The molecule has 164 valence electrons. The summed E-state index contributed by atoms with van der Waals surface area (Å²) < 4.78 is 5.74. The van der Waals surface area contributed by atoms with Crippen molar-refractivity contribution in [3.63, 3.8) is 0 Å². The number of carbonyl (C=O) groups excluding carboxylic acids is 2. The molecule has 6 nitrogen and oxygen atoms in total. The highest BCUT2D eigenvalue weighted by atomic mass is 32.1. The highest BCUT2D eigenvalue weighted by molar-refractivity contribution is 7.09. The van der Waals surface area contributed by atoms with Crippen molar-refractivity contribution < 1.29 is 14.3 Å². The number of thiazole rings is 1. The molecule has 0 aliphatic carbocycles. The van der Waals surface area contributed by atoms with Gasteiger partial charge in [0.1, 0.15) is 12.4 Å². The number of aryl methyl sites for hydroxylation is 1. The smallest absolute Gasteiger partial charge is 0.253 e. The second-order valence-corrected chi connectivity index (χ2v) is 8.68. The van der Waals surface area contributed by atoms with E-state index >= 15 is 0 Å². The van der Waals surface area contributed by atoms with Crippen LogP contribution in [0.2, 0.25) is 0 Å². The topological polar surface area (TPSA) is 71.5 Å². The molecule has 7 heteroatoms. The number of aromatic nitrogens is 1. The van der Waals surface area contributed by atoms with Crippen LogP contribution in [0.1, 0.15) is 39.5 Å². The Labute approximate surface area is 191 Å². The van der Waals surface area contributed by atoms with Crippen molar-refractivity contribution in [1.29, 1.82) is 0 Å². The molecule has 0 radical (unpaired) electrons. The van der Waals surface area contributed by atoms with E-state index in [4.69, 9.17) is 4.74 Å². The van der Waals surface area contributed by atoms with Crippen molar-refractivity contribution in [2.75, 3.05) is 18.4 Å². The number of amides is 2. The average Bonchev–Trinajstić information content (AvgIpc) is 3.49. The van der Waals surface area contributed by atoms with Gasteiger partial charge >= 0.3 is 0 Å². The van der Waals surface area contributed by atoms with Gasteiger partial charge in [-0.05, 0) is 67.8 Å². The SMILES string of the molecule is Cc1nc(COc2ccc(/C=C/C(=O)Nc3ccc(C(=O)N4CCCC4)cc3)cc2)cs1. The number of carbonyl (C=O) groups is 2. The number of likely N-dealkylation sites (tertiary alicyclic amines) is 1. The summed E-state index contributed by atoms with van der Waals surface area (Å²) in [7, 11) is 0. The number of hydrogen-bond acceptors (Lipinski definition) is 5. The van der Waals surface area contributed by atoms with Crippen LogP contribution in [-0.2, 0) is 11.4 Å². The highest BCUT2D eigenvalue weighted by Crippen LogP contribution is 2.17. The van der Waals surface area contributed by atoms with Crippen molar-refractivity contribution >= 4 is 34.9 Å². The fourth-order valence-corrected chi connectivity index (χ4v) is 4.06. The Morgan fingerprint density at radius 2 is 1.81 bits per heavy atom. The lowest BCUT2D eigenvalue weighted by molar-refractivity contribution is -0.111. The molecule has 0 spiro atoms. The number of nitrogens with one attached hydrogen (secondary N) is 1. The third-order valence-electron chi connectivity index (χ3n) is 5.15. The van der Waals surface area contributed by atoms with Crippen LogP contribution in [0.4, 0.5) is 5.69 Å². The summed E-state index contributed by atoms with van der Waals surface area (Å²) in [6.07, 6.45) is 5.36. The van der Waals surface area contributed by atoms with Gasteiger partial charge in [-0.15, -0.1) is 11.3 Å². The Morgan fingerprint density at radius 1 is 1.09 bits per heavy atom. The zero-order chi connectivity index (χ0) is 22.3. The standard InChI is InChI=1S/C25H25N3O3S/c1-18-26-22(17-32-18)16-31-23-11-4-19(5-12-23)6-13-24(29)27-21-9-7-20(8-10-21)25(30)28-14-2-3-15-28/h4-13,17H,2-3,14-16H2,1H3,(H,27,29)/b13-6+. The summed E-state index contributed by atoms with van der Waals surface area (Å²) in [6, 6.07) is 14.5. The molecule has 1 N–H and O–H groups in total. The van der Waals surface area contributed by atoms with Gasteiger partial charge < -0.3 is 15.0 Å². The van der Waals surface area contributed by atoms with Crippen molar-refractivity contribution in [3.05, 3.63) is 81.8 Å². The summed E-state index contributed by atoms with van der Waals surface area (Å²) >= 11 is 1.60. The predicted molar refractivity (Wildman–Crippen MR) is 127 cm³/mol. The van der Waals surface area contributed by atoms with E-state index in [-0.39, 0.29) is 11.8 Å². The maximum absolute atomic E-state index is 12.4. The van der Waals surface area contributed by atoms with E-state index in [1.165, 1.54) is 6.08 Å². The molecule has 4 rings (SSSR count). The molecule has 3 aromatic rings. The zero-order valence-electron chi connectivity index (χ0n) is 17.9. The molecule has 0 bridgehead atoms. The van der Waals surface area contributed by atoms with Gasteiger partial charge in [0.25, 0.3) is 5.91 Å². The lowest BCUT2D eigenvalue weighted by atomic mass is 10.1. The average molecular weight is 448 g/mol. The Bertz CT molecular complexity index is 1100. The van der Waals surface area contributed by atoms with E-state index < -0.39 is 0 Å². The zero-order valence-corrected chi connectivity index (χ0v) is 18.7. The van der Waals surface area contributed by atoms with Crippen LogP contribution >= 0.6 is 11.3 Å². The first-order chi connectivity index (χ1) is 15.6. The molecular formula is C25H25N3O3S. The van der Waals surface area contributed by atoms with Gasteiger partial charge in [-0.2, -0.15) is 0 Å². The number of nitrogens with zero attached hydrogens (tertiary/aromatic N) is 2. The lowest BCUT2D eigenvalue weighted by Gasteiger charge is -2.15. The first-order valence-corrected chi connectivity index (χ1v) is 11.5. The van der Waals surface area contributed by atoms with E-state index in [1.54, 1.807) is 41.7 Å². The fraction of sp³-hybridized carbons (Fsp3) is 0.240. The van der Waals surface area contributed by atoms with Crippen molar-refractivity contribution in [3.8, 4) is 5.75 Å². The first kappa shape index (κ1) is 21.8. The van der Waals surface area contributed by atoms with Gasteiger partial charge in [0.15, 0.2) is 0 Å². The largest absolute Gasteiger partial charge is 0.487 e. The number of rotatable bonds is 7. The summed E-state index contributed by atoms with van der Waals surface area (Å²) in [4.78, 5) is 30.9. The van der Waals surface area contributed by atoms with Crippen molar-refractivity contribution in [2.24, 2.45) is 0 Å². The minimum Gasteiger partial charge on any atom is -0.487 e. The lowest BCUT2D eigenvalue weighted by Crippen LogP contribution is -2.27. The van der Waals surface area contributed by atoms with Crippen molar-refractivity contribution in [1.82, 2.24) is 9.88 Å². The second-order valence-electron chi connectivity index (χ2n) is 7.61. The predicted octanol–water partition coefficient (Wildman–Crippen LogP) is 4.92. The van der Waals surface area contributed by atoms with Crippen LogP contribution < -0.4 is 10.1 Å². The summed E-state index contributed by atoms with van der Waals surface area (Å²) in [6.45, 7) is 4.04. The van der Waals surface area contributed by atoms with E-state index in [0.717, 1.165) is 47.9 Å². The van der Waals surface area contributed by atoms with Gasteiger partial charge in [-0.25, -0.2) is 4.98 Å². The normalized spacial score (nSPS) is 13.5. The van der Waals surface area contributed by atoms with Crippen molar-refractivity contribution in [2.45, 2.75) is 26.4 Å². The Balaban J connectivity index is 1.27. The fourth-order valence-electron chi connectivity index (χ4n) is 3.46. The molecule has 2 amide bonds. The van der Waals surface area contributed by atoms with Crippen LogP contribution in [-0.4, -0.2) is 34.8 Å². The van der Waals surface area contributed by atoms with E-state index in [1.807, 2.05) is 41.5 Å². The van der Waals surface area contributed by atoms with Crippen LogP contribution in [0.25, 0.3) is 6.08 Å². The van der Waals surface area contributed by atoms with Crippen LogP contribution in [0.15, 0.2) is 60.0 Å². The van der Waals surface area contributed by atoms with Crippen LogP contribution in [0.3, 0.4) is 0 Å². The minimum absolute atomic E-state index is 0.0504. The van der Waals surface area contributed by atoms with Gasteiger partial charge in [0.2, 0.25) is 5.91 Å². The van der Waals surface area contributed by atoms with E-state index in [9.17, 15) is 9.59 Å². The molecular weight excluding hydrogens is 422 g/mol. The quantitative estimate of drug-likeness (QED) is 0.522. The van der Waals surface area contributed by atoms with Gasteiger partial charge in [-0.1, -0.05) is 12.1 Å². The molecule has 0 saturated carbocycles.